The summed E-state index contributed by atoms with van der Waals surface area (Å²) in [5, 5.41) is 0. The number of rotatable bonds is 3. The van der Waals surface area contributed by atoms with Crippen LogP contribution in [-0.2, 0) is 16.3 Å². The molecule has 0 heterocycles. The average Bonchev–Trinajstić information content (AvgIpc) is 2.19. The van der Waals surface area contributed by atoms with Crippen LogP contribution in [0, 0.1) is 19.9 Å². The Morgan fingerprint density at radius 3 is 2.20 bits per heavy atom. The summed E-state index contributed by atoms with van der Waals surface area (Å²) in [6, 6.07) is 7.28. The molecule has 0 bridgehead atoms. The van der Waals surface area contributed by atoms with E-state index in [9.17, 15) is 0 Å². The van der Waals surface area contributed by atoms with E-state index < -0.39 is 0 Å². The van der Waals surface area contributed by atoms with Crippen LogP contribution in [0.2, 0.25) is 0 Å². The Kier molecular flexibility index (Phi) is 8.36. The van der Waals surface area contributed by atoms with Gasteiger partial charge in [-0.05, 0) is 13.3 Å². The topological polar surface area (TPSA) is 9.23 Å². The van der Waals surface area contributed by atoms with E-state index >= 15 is 0 Å². The molecule has 0 radical (unpaired) electrons. The van der Waals surface area contributed by atoms with Gasteiger partial charge in [0.2, 0.25) is 0 Å². The predicted octanol–water partition coefficient (Wildman–Crippen LogP) is 4.12. The molecule has 0 aliphatic carbocycles. The van der Waals surface area contributed by atoms with Crippen molar-refractivity contribution in [3.63, 3.8) is 0 Å². The van der Waals surface area contributed by atoms with Gasteiger partial charge in [-0.1, -0.05) is 20.8 Å². The SMILES string of the molecule is CCC(C)Oc1cc(C)[c-]c(C)c1.[Zn+][Br]. The van der Waals surface area contributed by atoms with E-state index in [4.69, 9.17) is 4.74 Å². The van der Waals surface area contributed by atoms with Crippen molar-refractivity contribution >= 4 is 13.6 Å². The molecule has 15 heavy (non-hydrogen) atoms. The second-order valence-corrected chi connectivity index (χ2v) is 3.52. The van der Waals surface area contributed by atoms with Crippen LogP contribution in [0.15, 0.2) is 12.1 Å². The fourth-order valence-electron chi connectivity index (χ4n) is 1.24. The molecule has 1 aromatic carbocycles. The second-order valence-electron chi connectivity index (χ2n) is 3.52. The minimum absolute atomic E-state index is 0.293. The molecular weight excluding hydrogens is 305 g/mol. The molecule has 80 valence electrons. The van der Waals surface area contributed by atoms with Crippen LogP contribution >= 0.6 is 13.6 Å². The van der Waals surface area contributed by atoms with E-state index in [-0.39, 0.29) is 0 Å². The zero-order chi connectivity index (χ0) is 11.8. The van der Waals surface area contributed by atoms with E-state index in [1.807, 2.05) is 26.0 Å². The summed E-state index contributed by atoms with van der Waals surface area (Å²) in [5.41, 5.74) is 2.27. The first-order valence-corrected chi connectivity index (χ1v) is 12.0. The molecule has 0 amide bonds. The van der Waals surface area contributed by atoms with E-state index in [0.29, 0.717) is 6.10 Å². The van der Waals surface area contributed by atoms with Crippen LogP contribution in [0.3, 0.4) is 0 Å². The van der Waals surface area contributed by atoms with Crippen molar-refractivity contribution in [3.05, 3.63) is 29.3 Å². The number of benzene rings is 1. The van der Waals surface area contributed by atoms with Gasteiger partial charge in [0, 0.05) is 5.75 Å². The predicted molar refractivity (Wildman–Crippen MR) is 64.1 cm³/mol. The number of hydrogen-bond acceptors (Lipinski definition) is 1. The molecular formula is C12H17BrOZn. The number of hydrogen-bond donors (Lipinski definition) is 0. The first kappa shape index (κ1) is 15.1. The van der Waals surface area contributed by atoms with Gasteiger partial charge in [-0.15, -0.1) is 12.1 Å². The number of halogens is 1. The van der Waals surface area contributed by atoms with Gasteiger partial charge in [-0.2, -0.15) is 17.2 Å². The molecule has 1 rings (SSSR count). The minimum atomic E-state index is 0.293. The first-order chi connectivity index (χ1) is 7.11. The molecule has 0 fully saturated rings. The van der Waals surface area contributed by atoms with Crippen molar-refractivity contribution < 1.29 is 21.1 Å². The van der Waals surface area contributed by atoms with E-state index in [0.717, 1.165) is 23.3 Å². The van der Waals surface area contributed by atoms with Gasteiger partial charge in [0.05, 0.1) is 6.10 Å². The van der Waals surface area contributed by atoms with Gasteiger partial charge in [0.1, 0.15) is 0 Å². The van der Waals surface area contributed by atoms with Gasteiger partial charge in [-0.3, -0.25) is 0 Å². The van der Waals surface area contributed by atoms with Crippen molar-refractivity contribution in [2.45, 2.75) is 40.2 Å². The maximum absolute atomic E-state index is 5.71. The third kappa shape index (κ3) is 6.32. The van der Waals surface area contributed by atoms with Crippen LogP contribution in [0.1, 0.15) is 31.4 Å². The van der Waals surface area contributed by atoms with Gasteiger partial charge in [0.15, 0.2) is 0 Å². The number of ether oxygens (including phenoxy) is 1. The molecule has 0 aliphatic rings. The summed E-state index contributed by atoms with van der Waals surface area (Å²) < 4.78 is 5.71. The van der Waals surface area contributed by atoms with Crippen LogP contribution in [0.5, 0.6) is 5.75 Å². The summed E-state index contributed by atoms with van der Waals surface area (Å²) in [7, 11) is 0. The molecule has 3 heteroatoms. The summed E-state index contributed by atoms with van der Waals surface area (Å²) in [5.74, 6) is 0.961. The van der Waals surface area contributed by atoms with Crippen LogP contribution in [0.25, 0.3) is 0 Å². The van der Waals surface area contributed by atoms with E-state index in [1.54, 1.807) is 0 Å². The van der Waals surface area contributed by atoms with E-state index in [2.05, 4.69) is 33.5 Å². The Morgan fingerprint density at radius 2 is 1.80 bits per heavy atom. The third-order valence-electron chi connectivity index (χ3n) is 2.02. The molecule has 1 nitrogen and oxygen atoms in total. The standard InChI is InChI=1S/C12H17O.BrH.Zn/c1-5-11(4)13-12-7-9(2)6-10(3)8-12;;/h7-8,11H,5H2,1-4H3;1H;/q-1;;+2/p-1. The van der Waals surface area contributed by atoms with Crippen LogP contribution < -0.4 is 4.74 Å². The van der Waals surface area contributed by atoms with Gasteiger partial charge >= 0.3 is 30.0 Å². The molecule has 0 saturated carbocycles. The zero-order valence-electron chi connectivity index (χ0n) is 9.93. The Labute approximate surface area is 110 Å². The maximum atomic E-state index is 5.71. The molecule has 1 unspecified atom stereocenters. The Morgan fingerprint density at radius 1 is 1.33 bits per heavy atom. The molecule has 1 atom stereocenters. The molecule has 0 aliphatic heterocycles. The number of aryl methyl sites for hydroxylation is 2. The monoisotopic (exact) mass is 320 g/mol. The normalized spacial score (nSPS) is 11.4. The van der Waals surface area contributed by atoms with Crippen molar-refractivity contribution in [2.24, 2.45) is 0 Å². The summed E-state index contributed by atoms with van der Waals surface area (Å²) >= 11 is 4.25. The van der Waals surface area contributed by atoms with Crippen molar-refractivity contribution in [2.75, 3.05) is 0 Å². The Balaban J connectivity index is 0.000000921. The van der Waals surface area contributed by atoms with E-state index in [1.165, 1.54) is 16.3 Å². The molecule has 0 saturated heterocycles. The third-order valence-corrected chi connectivity index (χ3v) is 2.02. The second kappa shape index (κ2) is 8.30. The first-order valence-electron chi connectivity index (χ1n) is 5.05. The zero-order valence-corrected chi connectivity index (χ0v) is 14.5. The fraction of sp³-hybridized carbons (Fsp3) is 0.500. The summed E-state index contributed by atoms with van der Waals surface area (Å²) in [4.78, 5) is 0. The molecule has 0 aromatic heterocycles. The van der Waals surface area contributed by atoms with Crippen molar-refractivity contribution in [3.8, 4) is 5.75 Å². The molecule has 0 N–H and O–H groups in total. The quantitative estimate of drug-likeness (QED) is 0.601. The Hall–Kier alpha value is 0.123. The van der Waals surface area contributed by atoms with Crippen molar-refractivity contribution in [1.29, 1.82) is 0 Å². The molecule has 0 spiro atoms. The van der Waals surface area contributed by atoms with Crippen LogP contribution in [0.4, 0.5) is 0 Å². The summed E-state index contributed by atoms with van der Waals surface area (Å²) in [6.07, 6.45) is 1.33. The van der Waals surface area contributed by atoms with Crippen molar-refractivity contribution in [1.82, 2.24) is 0 Å². The summed E-state index contributed by atoms with van der Waals surface area (Å²) in [6.45, 7) is 8.29. The van der Waals surface area contributed by atoms with Gasteiger partial charge in [-0.25, -0.2) is 0 Å². The molecule has 1 aromatic rings. The Bertz CT molecular complexity index is 269. The van der Waals surface area contributed by atoms with Gasteiger partial charge in [0.25, 0.3) is 0 Å². The average molecular weight is 323 g/mol. The van der Waals surface area contributed by atoms with Crippen LogP contribution in [-0.4, -0.2) is 6.10 Å². The fourth-order valence-corrected chi connectivity index (χ4v) is 1.24. The van der Waals surface area contributed by atoms with Gasteiger partial charge < -0.3 is 4.74 Å².